The quantitative estimate of drug-likeness (QED) is 0.328. The highest BCUT2D eigenvalue weighted by Gasteiger charge is 2.31. The zero-order chi connectivity index (χ0) is 21.5. The molecule has 0 bridgehead atoms. The number of carbonyl (C=O) groups is 1. The number of nitrogens with zero attached hydrogens (tertiary/aromatic N) is 5. The third-order valence-corrected chi connectivity index (χ3v) is 6.14. The minimum atomic E-state index is 0. The molecule has 2 aromatic rings. The Labute approximate surface area is 207 Å². The van der Waals surface area contributed by atoms with Crippen LogP contribution in [0.25, 0.3) is 5.82 Å². The van der Waals surface area contributed by atoms with Gasteiger partial charge >= 0.3 is 0 Å². The minimum absolute atomic E-state index is 0. The molecule has 8 nitrogen and oxygen atoms in total. The Kier molecular flexibility index (Phi) is 9.31. The van der Waals surface area contributed by atoms with E-state index in [1.54, 1.807) is 12.5 Å². The van der Waals surface area contributed by atoms with E-state index in [1.807, 2.05) is 29.1 Å². The monoisotopic (exact) mass is 551 g/mol. The maximum Gasteiger partial charge on any atom is 0.225 e. The van der Waals surface area contributed by atoms with Crippen LogP contribution >= 0.6 is 24.0 Å². The third kappa shape index (κ3) is 6.43. The van der Waals surface area contributed by atoms with Crippen LogP contribution in [0.1, 0.15) is 51.0 Å². The van der Waals surface area contributed by atoms with Crippen molar-refractivity contribution in [3.8, 4) is 5.82 Å². The molecule has 174 valence electrons. The van der Waals surface area contributed by atoms with Gasteiger partial charge in [0.25, 0.3) is 0 Å². The molecule has 2 fully saturated rings. The molecule has 9 heteroatoms. The summed E-state index contributed by atoms with van der Waals surface area (Å²) in [6, 6.07) is 4.25. The zero-order valence-electron chi connectivity index (χ0n) is 18.7. The van der Waals surface area contributed by atoms with Gasteiger partial charge in [0.05, 0.1) is 6.54 Å². The van der Waals surface area contributed by atoms with Crippen LogP contribution in [0.5, 0.6) is 0 Å². The molecule has 1 aliphatic carbocycles. The number of aromatic nitrogens is 3. The van der Waals surface area contributed by atoms with Crippen LogP contribution in [-0.4, -0.2) is 57.0 Å². The van der Waals surface area contributed by atoms with E-state index in [0.717, 1.165) is 56.2 Å². The number of hydrogen-bond donors (Lipinski definition) is 2. The van der Waals surface area contributed by atoms with Crippen molar-refractivity contribution in [3.63, 3.8) is 0 Å². The van der Waals surface area contributed by atoms with Crippen molar-refractivity contribution < 1.29 is 4.79 Å². The second kappa shape index (κ2) is 12.2. The summed E-state index contributed by atoms with van der Waals surface area (Å²) in [5, 5.41) is 6.84. The number of halogens is 1. The highest BCUT2D eigenvalue weighted by atomic mass is 127. The van der Waals surface area contributed by atoms with Gasteiger partial charge in [0, 0.05) is 50.2 Å². The normalized spacial score (nSPS) is 19.5. The van der Waals surface area contributed by atoms with Gasteiger partial charge in [-0.05, 0) is 37.8 Å². The van der Waals surface area contributed by atoms with Gasteiger partial charge in [-0.2, -0.15) is 0 Å². The lowest BCUT2D eigenvalue weighted by Crippen LogP contribution is -2.45. The Bertz CT molecular complexity index is 863. The molecule has 0 aromatic carbocycles. The molecular weight excluding hydrogens is 517 g/mol. The van der Waals surface area contributed by atoms with E-state index in [9.17, 15) is 4.79 Å². The van der Waals surface area contributed by atoms with Crippen molar-refractivity contribution in [2.75, 3.05) is 19.6 Å². The van der Waals surface area contributed by atoms with E-state index in [2.05, 4.69) is 32.4 Å². The standard InChI is InChI=1S/C23H33N7O.HI/c1-2-25-23(27-15-18-8-9-21(26-14-18)30-13-11-24-17-30)28-20-10-12-29(16-20)22(31)19-6-4-3-5-7-19;/h8-9,11,13-14,17,19-20H,2-7,10,12,15-16H2,1H3,(H2,25,27,28);1H. The first-order valence-electron chi connectivity index (χ1n) is 11.5. The van der Waals surface area contributed by atoms with E-state index in [0.29, 0.717) is 12.5 Å². The topological polar surface area (TPSA) is 87.4 Å². The van der Waals surface area contributed by atoms with Crippen LogP contribution in [0, 0.1) is 5.92 Å². The lowest BCUT2D eigenvalue weighted by atomic mass is 9.88. The summed E-state index contributed by atoms with van der Waals surface area (Å²) in [7, 11) is 0. The number of amides is 1. The predicted octanol–water partition coefficient (Wildman–Crippen LogP) is 3.12. The van der Waals surface area contributed by atoms with Crippen molar-refractivity contribution in [2.24, 2.45) is 10.9 Å². The number of carbonyl (C=O) groups excluding carboxylic acids is 1. The molecule has 1 aliphatic heterocycles. The number of imidazole rings is 1. The van der Waals surface area contributed by atoms with Crippen LogP contribution < -0.4 is 10.6 Å². The number of rotatable bonds is 6. The molecule has 1 unspecified atom stereocenters. The van der Waals surface area contributed by atoms with Crippen LogP contribution in [0.15, 0.2) is 42.0 Å². The smallest absolute Gasteiger partial charge is 0.225 e. The van der Waals surface area contributed by atoms with Crippen LogP contribution in [0.3, 0.4) is 0 Å². The molecule has 1 saturated carbocycles. The first kappa shape index (κ1) is 24.5. The summed E-state index contributed by atoms with van der Waals surface area (Å²) in [6.45, 7) is 5.00. The summed E-state index contributed by atoms with van der Waals surface area (Å²) in [5.41, 5.74) is 1.04. The summed E-state index contributed by atoms with van der Waals surface area (Å²) < 4.78 is 1.87. The average Bonchev–Trinajstić information content (AvgIpc) is 3.51. The van der Waals surface area contributed by atoms with Gasteiger partial charge in [0.15, 0.2) is 5.96 Å². The lowest BCUT2D eigenvalue weighted by molar-refractivity contribution is -0.135. The summed E-state index contributed by atoms with van der Waals surface area (Å²) in [4.78, 5) is 28.1. The summed E-state index contributed by atoms with van der Waals surface area (Å²) >= 11 is 0. The van der Waals surface area contributed by atoms with E-state index >= 15 is 0 Å². The molecular formula is C23H34IN7O. The maximum atomic E-state index is 12.8. The molecule has 1 amide bonds. The van der Waals surface area contributed by atoms with Crippen molar-refractivity contribution in [3.05, 3.63) is 42.6 Å². The zero-order valence-corrected chi connectivity index (χ0v) is 21.1. The second-order valence-electron chi connectivity index (χ2n) is 8.44. The molecule has 1 atom stereocenters. The van der Waals surface area contributed by atoms with Crippen molar-refractivity contribution in [2.45, 2.75) is 58.0 Å². The number of nitrogens with one attached hydrogen (secondary N) is 2. The Balaban J connectivity index is 0.00000289. The van der Waals surface area contributed by atoms with E-state index in [4.69, 9.17) is 4.99 Å². The van der Waals surface area contributed by atoms with Crippen molar-refractivity contribution in [1.82, 2.24) is 30.1 Å². The van der Waals surface area contributed by atoms with Crippen molar-refractivity contribution in [1.29, 1.82) is 0 Å². The molecule has 2 aromatic heterocycles. The Morgan fingerprint density at radius 3 is 2.75 bits per heavy atom. The molecule has 1 saturated heterocycles. The Morgan fingerprint density at radius 2 is 2.06 bits per heavy atom. The largest absolute Gasteiger partial charge is 0.357 e. The number of guanidine groups is 1. The van der Waals surface area contributed by atoms with Crippen LogP contribution in [0.4, 0.5) is 0 Å². The first-order chi connectivity index (χ1) is 15.2. The molecule has 3 heterocycles. The SMILES string of the molecule is CCNC(=NCc1ccc(-n2ccnc2)nc1)NC1CCN(C(=O)C2CCCCC2)C1.I. The van der Waals surface area contributed by atoms with Gasteiger partial charge < -0.3 is 15.5 Å². The molecule has 2 aliphatic rings. The molecule has 0 spiro atoms. The second-order valence-corrected chi connectivity index (χ2v) is 8.44. The van der Waals surface area contributed by atoms with E-state index in [1.165, 1.54) is 19.3 Å². The Morgan fingerprint density at radius 1 is 1.22 bits per heavy atom. The highest BCUT2D eigenvalue weighted by molar-refractivity contribution is 14.0. The molecule has 32 heavy (non-hydrogen) atoms. The van der Waals surface area contributed by atoms with Crippen LogP contribution in [0.2, 0.25) is 0 Å². The fourth-order valence-corrected chi connectivity index (χ4v) is 4.43. The van der Waals surface area contributed by atoms with Crippen LogP contribution in [-0.2, 0) is 11.3 Å². The number of aliphatic imine (C=N–C) groups is 1. The summed E-state index contributed by atoms with van der Waals surface area (Å²) in [5.74, 6) is 2.23. The number of pyridine rings is 1. The van der Waals surface area contributed by atoms with Crippen molar-refractivity contribution >= 4 is 35.8 Å². The van der Waals surface area contributed by atoms with E-state index < -0.39 is 0 Å². The molecule has 2 N–H and O–H groups in total. The highest BCUT2D eigenvalue weighted by Crippen LogP contribution is 2.26. The fourth-order valence-electron chi connectivity index (χ4n) is 4.43. The van der Waals surface area contributed by atoms with Gasteiger partial charge in [0.2, 0.25) is 5.91 Å². The van der Waals surface area contributed by atoms with Gasteiger partial charge in [-0.15, -0.1) is 24.0 Å². The molecule has 0 radical (unpaired) electrons. The lowest BCUT2D eigenvalue weighted by Gasteiger charge is -2.26. The number of likely N-dealkylation sites (tertiary alicyclic amines) is 1. The van der Waals surface area contributed by atoms with Gasteiger partial charge in [-0.1, -0.05) is 25.3 Å². The predicted molar refractivity (Wildman–Crippen MR) is 136 cm³/mol. The fraction of sp³-hybridized carbons (Fsp3) is 0.565. The van der Waals surface area contributed by atoms with Gasteiger partial charge in [0.1, 0.15) is 12.1 Å². The number of hydrogen-bond acceptors (Lipinski definition) is 4. The maximum absolute atomic E-state index is 12.8. The van der Waals surface area contributed by atoms with E-state index in [-0.39, 0.29) is 35.9 Å². The minimum Gasteiger partial charge on any atom is -0.357 e. The third-order valence-electron chi connectivity index (χ3n) is 6.14. The average molecular weight is 551 g/mol. The first-order valence-corrected chi connectivity index (χ1v) is 11.5. The van der Waals surface area contributed by atoms with Gasteiger partial charge in [-0.3, -0.25) is 9.36 Å². The van der Waals surface area contributed by atoms with Gasteiger partial charge in [-0.25, -0.2) is 15.0 Å². The Hall–Kier alpha value is -2.17. The molecule has 4 rings (SSSR count). The summed E-state index contributed by atoms with van der Waals surface area (Å²) in [6.07, 6.45) is 13.9.